The first-order valence-electron chi connectivity index (χ1n) is 11.2. The van der Waals surface area contributed by atoms with Gasteiger partial charge in [-0.15, -0.1) is 0 Å². The van der Waals surface area contributed by atoms with E-state index in [9.17, 15) is 18.3 Å². The molecule has 1 N–H and O–H groups in total. The van der Waals surface area contributed by atoms with Gasteiger partial charge in [-0.1, -0.05) is 31.4 Å². The van der Waals surface area contributed by atoms with Gasteiger partial charge in [0.05, 0.1) is 5.60 Å². The van der Waals surface area contributed by atoms with E-state index in [1.165, 1.54) is 42.0 Å². The number of carbonyl (C=O) groups excluding carboxylic acids is 1. The Morgan fingerprint density at radius 1 is 1.19 bits per heavy atom. The van der Waals surface area contributed by atoms with Gasteiger partial charge < -0.3 is 9.52 Å². The number of ketones is 1. The number of carbonyl (C=O) groups is 1. The SMILES string of the molecule is Cc1oc(S(=O)(=O)CC(=O)Cc2c(CC3CCC3)ccc3c2CCC3)cc1C(C)(C)O. The van der Waals surface area contributed by atoms with Crippen LogP contribution in [0.1, 0.15) is 73.1 Å². The highest BCUT2D eigenvalue weighted by Crippen LogP contribution is 2.35. The van der Waals surface area contributed by atoms with Crippen molar-refractivity contribution in [1.82, 2.24) is 0 Å². The minimum absolute atomic E-state index is 0.155. The molecular weight excluding hydrogens is 412 g/mol. The molecule has 0 bridgehead atoms. The lowest BCUT2D eigenvalue weighted by atomic mass is 9.79. The number of hydrogen-bond donors (Lipinski definition) is 1. The highest BCUT2D eigenvalue weighted by atomic mass is 32.2. The normalized spacial score (nSPS) is 16.9. The molecule has 2 aromatic rings. The van der Waals surface area contributed by atoms with Crippen LogP contribution >= 0.6 is 0 Å². The minimum atomic E-state index is -3.91. The molecule has 0 unspecified atom stereocenters. The number of fused-ring (bicyclic) bond motifs is 1. The number of hydrogen-bond acceptors (Lipinski definition) is 5. The van der Waals surface area contributed by atoms with Gasteiger partial charge in [0.2, 0.25) is 14.9 Å². The largest absolute Gasteiger partial charge is 0.450 e. The molecule has 0 atom stereocenters. The summed E-state index contributed by atoms with van der Waals surface area (Å²) in [6.07, 6.45) is 7.97. The third-order valence-electron chi connectivity index (χ3n) is 6.82. The number of Topliss-reactive ketones (excluding diaryl/α,β-unsaturated/α-hetero) is 1. The smallest absolute Gasteiger partial charge is 0.219 e. The topological polar surface area (TPSA) is 84.6 Å². The number of aryl methyl sites for hydroxylation is 2. The number of sulfone groups is 1. The molecule has 5 nitrogen and oxygen atoms in total. The van der Waals surface area contributed by atoms with Gasteiger partial charge in [-0.25, -0.2) is 8.42 Å². The second-order valence-electron chi connectivity index (χ2n) is 9.76. The van der Waals surface area contributed by atoms with Crippen LogP contribution in [-0.4, -0.2) is 25.1 Å². The van der Waals surface area contributed by atoms with Crippen LogP contribution in [0.3, 0.4) is 0 Å². The minimum Gasteiger partial charge on any atom is -0.450 e. The summed E-state index contributed by atoms with van der Waals surface area (Å²) >= 11 is 0. The summed E-state index contributed by atoms with van der Waals surface area (Å²) in [5.74, 6) is 0.136. The maximum atomic E-state index is 12.9. The van der Waals surface area contributed by atoms with E-state index in [1.807, 2.05) is 0 Å². The van der Waals surface area contributed by atoms with Crippen LogP contribution in [0, 0.1) is 12.8 Å². The molecule has 31 heavy (non-hydrogen) atoms. The average molecular weight is 445 g/mol. The molecule has 2 aliphatic rings. The summed E-state index contributed by atoms with van der Waals surface area (Å²) < 4.78 is 31.2. The van der Waals surface area contributed by atoms with Gasteiger partial charge in [0.25, 0.3) is 0 Å². The highest BCUT2D eigenvalue weighted by Gasteiger charge is 2.30. The van der Waals surface area contributed by atoms with Gasteiger partial charge in [-0.3, -0.25) is 4.79 Å². The van der Waals surface area contributed by atoms with E-state index in [0.717, 1.165) is 31.2 Å². The molecular formula is C25H32O5S. The summed E-state index contributed by atoms with van der Waals surface area (Å²) in [6, 6.07) is 5.70. The molecule has 1 heterocycles. The van der Waals surface area contributed by atoms with E-state index >= 15 is 0 Å². The fourth-order valence-electron chi connectivity index (χ4n) is 4.96. The summed E-state index contributed by atoms with van der Waals surface area (Å²) in [7, 11) is -3.91. The molecule has 1 saturated carbocycles. The Morgan fingerprint density at radius 3 is 2.55 bits per heavy atom. The van der Waals surface area contributed by atoms with Gasteiger partial charge >= 0.3 is 0 Å². The van der Waals surface area contributed by atoms with Crippen molar-refractivity contribution in [3.8, 4) is 0 Å². The first kappa shape index (κ1) is 22.3. The number of benzene rings is 1. The molecule has 6 heteroatoms. The Morgan fingerprint density at radius 2 is 1.94 bits per heavy atom. The van der Waals surface area contributed by atoms with Crippen molar-refractivity contribution < 1.29 is 22.7 Å². The molecule has 1 aromatic heterocycles. The van der Waals surface area contributed by atoms with Crippen molar-refractivity contribution in [3.05, 3.63) is 51.8 Å². The van der Waals surface area contributed by atoms with Crippen molar-refractivity contribution in [2.24, 2.45) is 5.92 Å². The highest BCUT2D eigenvalue weighted by molar-refractivity contribution is 7.92. The quantitative estimate of drug-likeness (QED) is 0.659. The van der Waals surface area contributed by atoms with E-state index < -0.39 is 21.2 Å². The van der Waals surface area contributed by atoms with E-state index in [4.69, 9.17) is 4.42 Å². The number of aliphatic hydroxyl groups is 1. The lowest BCUT2D eigenvalue weighted by Crippen LogP contribution is -2.21. The maximum absolute atomic E-state index is 12.9. The second kappa shape index (κ2) is 8.21. The van der Waals surface area contributed by atoms with Crippen LogP contribution < -0.4 is 0 Å². The lowest BCUT2D eigenvalue weighted by Gasteiger charge is -2.27. The Kier molecular flexibility index (Phi) is 5.90. The van der Waals surface area contributed by atoms with Crippen molar-refractivity contribution in [1.29, 1.82) is 0 Å². The Labute approximate surface area is 184 Å². The van der Waals surface area contributed by atoms with Gasteiger partial charge in [-0.2, -0.15) is 0 Å². The Bertz CT molecular complexity index is 1100. The fourth-order valence-corrected chi connectivity index (χ4v) is 6.17. The third-order valence-corrected chi connectivity index (χ3v) is 8.33. The summed E-state index contributed by atoms with van der Waals surface area (Å²) in [5, 5.41) is 9.97. The predicted octanol–water partition coefficient (Wildman–Crippen LogP) is 4.23. The van der Waals surface area contributed by atoms with E-state index in [-0.39, 0.29) is 17.3 Å². The van der Waals surface area contributed by atoms with E-state index in [0.29, 0.717) is 17.2 Å². The maximum Gasteiger partial charge on any atom is 0.219 e. The van der Waals surface area contributed by atoms with Crippen LogP contribution in [0.4, 0.5) is 0 Å². The standard InChI is InChI=1S/C25H32O5S/c1-16-23(25(2,3)27)14-24(30-16)31(28,29)15-20(26)13-22-19(12-17-6-4-7-17)11-10-18-8-5-9-21(18)22/h10-11,14,17,27H,4-9,12-13,15H2,1-3H3. The van der Waals surface area contributed by atoms with E-state index in [1.54, 1.807) is 20.8 Å². The molecule has 0 aliphatic heterocycles. The number of rotatable bonds is 8. The average Bonchev–Trinajstić information content (AvgIpc) is 3.25. The Balaban J connectivity index is 1.55. The van der Waals surface area contributed by atoms with Gasteiger partial charge in [0.1, 0.15) is 11.5 Å². The van der Waals surface area contributed by atoms with Crippen LogP contribution in [-0.2, 0) is 45.9 Å². The zero-order chi connectivity index (χ0) is 22.4. The predicted molar refractivity (Wildman–Crippen MR) is 119 cm³/mol. The molecule has 4 rings (SSSR count). The first-order chi connectivity index (χ1) is 14.5. The first-order valence-corrected chi connectivity index (χ1v) is 12.9. The second-order valence-corrected chi connectivity index (χ2v) is 11.7. The third kappa shape index (κ3) is 4.65. The zero-order valence-corrected chi connectivity index (χ0v) is 19.5. The van der Waals surface area contributed by atoms with Crippen LogP contribution in [0.2, 0.25) is 0 Å². The lowest BCUT2D eigenvalue weighted by molar-refractivity contribution is -0.116. The van der Waals surface area contributed by atoms with Crippen LogP contribution in [0.25, 0.3) is 0 Å². The summed E-state index contributed by atoms with van der Waals surface area (Å²) in [5.41, 5.74) is 4.05. The van der Waals surface area contributed by atoms with Crippen molar-refractivity contribution in [3.63, 3.8) is 0 Å². The molecule has 0 amide bonds. The van der Waals surface area contributed by atoms with Crippen molar-refractivity contribution >= 4 is 15.6 Å². The molecule has 0 radical (unpaired) electrons. The van der Waals surface area contributed by atoms with E-state index in [2.05, 4.69) is 12.1 Å². The summed E-state index contributed by atoms with van der Waals surface area (Å²) in [4.78, 5) is 12.9. The molecule has 1 aromatic carbocycles. The fraction of sp³-hybridized carbons (Fsp3) is 0.560. The molecule has 0 saturated heterocycles. The zero-order valence-electron chi connectivity index (χ0n) is 18.7. The van der Waals surface area contributed by atoms with Gasteiger partial charge in [0, 0.05) is 18.1 Å². The van der Waals surface area contributed by atoms with Crippen LogP contribution in [0.5, 0.6) is 0 Å². The van der Waals surface area contributed by atoms with Crippen molar-refractivity contribution in [2.75, 3.05) is 5.75 Å². The van der Waals surface area contributed by atoms with Gasteiger partial charge in [-0.05, 0) is 74.6 Å². The van der Waals surface area contributed by atoms with Gasteiger partial charge in [0.15, 0.2) is 5.78 Å². The molecule has 168 valence electrons. The van der Waals surface area contributed by atoms with Crippen LogP contribution in [0.15, 0.2) is 27.7 Å². The number of furan rings is 1. The molecule has 2 aliphatic carbocycles. The molecule has 1 fully saturated rings. The van der Waals surface area contributed by atoms with Crippen molar-refractivity contribution in [2.45, 2.75) is 82.8 Å². The summed E-state index contributed by atoms with van der Waals surface area (Å²) in [6.45, 7) is 4.77. The monoisotopic (exact) mass is 444 g/mol. The Hall–Kier alpha value is -1.92. The molecule has 0 spiro atoms.